The van der Waals surface area contributed by atoms with Crippen LogP contribution in [0.15, 0.2) is 34.9 Å². The van der Waals surface area contributed by atoms with Gasteiger partial charge in [-0.25, -0.2) is 0 Å². The molecule has 0 saturated carbocycles. The Morgan fingerprint density at radius 2 is 1.94 bits per heavy atom. The van der Waals surface area contributed by atoms with E-state index >= 15 is 0 Å². The van der Waals surface area contributed by atoms with Crippen LogP contribution in [0.5, 0.6) is 0 Å². The van der Waals surface area contributed by atoms with Gasteiger partial charge in [0.05, 0.1) is 0 Å². The molecular weight excluding hydrogens is 208 g/mol. The van der Waals surface area contributed by atoms with Gasteiger partial charge >= 0.3 is 0 Å². The first-order chi connectivity index (χ1) is 8.15. The highest BCUT2D eigenvalue weighted by Gasteiger charge is 2.07. The Labute approximate surface area is 106 Å². The molecule has 0 spiro atoms. The average Bonchev–Trinajstić information content (AvgIpc) is 2.51. The highest BCUT2D eigenvalue weighted by molar-refractivity contribution is 5.96. The molecule has 0 aromatic rings. The second-order valence-electron chi connectivity index (χ2n) is 4.11. The Hall–Kier alpha value is -1.11. The van der Waals surface area contributed by atoms with E-state index in [0.717, 1.165) is 18.4 Å². The third-order valence-corrected chi connectivity index (χ3v) is 2.80. The van der Waals surface area contributed by atoms with Crippen LogP contribution < -0.4 is 0 Å². The Balaban J connectivity index is 0.00000121. The summed E-state index contributed by atoms with van der Waals surface area (Å²) in [4.78, 5) is 11.3. The molecule has 0 N–H and O–H groups in total. The average molecular weight is 234 g/mol. The fraction of sp³-hybridized carbons (Fsp3) is 0.562. The molecule has 1 nitrogen and oxygen atoms in total. The number of unbranched alkanes of at least 4 members (excludes halogenated alkanes) is 1. The zero-order valence-electron chi connectivity index (χ0n) is 12.0. The van der Waals surface area contributed by atoms with E-state index in [-0.39, 0.29) is 5.78 Å². The van der Waals surface area contributed by atoms with Gasteiger partial charge in [0, 0.05) is 5.57 Å². The molecule has 96 valence electrons. The topological polar surface area (TPSA) is 17.1 Å². The van der Waals surface area contributed by atoms with E-state index in [1.165, 1.54) is 24.0 Å². The lowest BCUT2D eigenvalue weighted by Crippen LogP contribution is -1.94. The largest absolute Gasteiger partial charge is 0.295 e. The van der Waals surface area contributed by atoms with Gasteiger partial charge in [-0.05, 0) is 44.8 Å². The Morgan fingerprint density at radius 1 is 1.29 bits per heavy atom. The monoisotopic (exact) mass is 234 g/mol. The van der Waals surface area contributed by atoms with Crippen LogP contribution >= 0.6 is 0 Å². The number of carbonyl (C=O) groups excluding carboxylic acids is 1. The molecule has 0 bridgehead atoms. The third-order valence-electron chi connectivity index (χ3n) is 2.80. The maximum absolute atomic E-state index is 11.3. The minimum absolute atomic E-state index is 0.173. The molecule has 0 aromatic heterocycles. The highest BCUT2D eigenvalue weighted by atomic mass is 16.1. The molecule has 17 heavy (non-hydrogen) atoms. The van der Waals surface area contributed by atoms with Crippen LogP contribution in [0.4, 0.5) is 0 Å². The van der Waals surface area contributed by atoms with E-state index in [0.29, 0.717) is 0 Å². The summed E-state index contributed by atoms with van der Waals surface area (Å²) in [6, 6.07) is 0. The van der Waals surface area contributed by atoms with Crippen molar-refractivity contribution in [3.8, 4) is 0 Å². The van der Waals surface area contributed by atoms with E-state index in [9.17, 15) is 4.79 Å². The van der Waals surface area contributed by atoms with Crippen LogP contribution in [0.2, 0.25) is 0 Å². The summed E-state index contributed by atoms with van der Waals surface area (Å²) in [5, 5.41) is 0. The van der Waals surface area contributed by atoms with Crippen molar-refractivity contribution in [3.63, 3.8) is 0 Å². The third kappa shape index (κ3) is 5.67. The van der Waals surface area contributed by atoms with Crippen molar-refractivity contribution >= 4 is 5.78 Å². The van der Waals surface area contributed by atoms with E-state index in [2.05, 4.69) is 26.0 Å². The maximum atomic E-state index is 11.3. The molecule has 0 heterocycles. The minimum atomic E-state index is 0.173. The quantitative estimate of drug-likeness (QED) is 0.669. The van der Waals surface area contributed by atoms with Crippen molar-refractivity contribution in [1.29, 1.82) is 0 Å². The van der Waals surface area contributed by atoms with Gasteiger partial charge in [-0.2, -0.15) is 0 Å². The normalized spacial score (nSPS) is 14.8. The van der Waals surface area contributed by atoms with Gasteiger partial charge in [0.2, 0.25) is 0 Å². The maximum Gasteiger partial charge on any atom is 0.159 e. The van der Waals surface area contributed by atoms with Crippen molar-refractivity contribution in [2.24, 2.45) is 0 Å². The highest BCUT2D eigenvalue weighted by Crippen LogP contribution is 2.22. The van der Waals surface area contributed by atoms with Crippen molar-refractivity contribution in [1.82, 2.24) is 0 Å². The lowest BCUT2D eigenvalue weighted by Gasteiger charge is -2.06. The number of rotatable bonds is 4. The molecular formula is C16H26O. The number of Topliss-reactive ketones (excluding diaryl/α,β-unsaturated/α-hetero) is 1. The summed E-state index contributed by atoms with van der Waals surface area (Å²) in [6.45, 7) is 9.97. The smallest absolute Gasteiger partial charge is 0.159 e. The van der Waals surface area contributed by atoms with Crippen molar-refractivity contribution in [2.45, 2.75) is 60.3 Å². The summed E-state index contributed by atoms with van der Waals surface area (Å²) >= 11 is 0. The van der Waals surface area contributed by atoms with Gasteiger partial charge < -0.3 is 0 Å². The fourth-order valence-corrected chi connectivity index (χ4v) is 1.74. The molecule has 1 heteroatoms. The van der Waals surface area contributed by atoms with Crippen molar-refractivity contribution in [3.05, 3.63) is 34.9 Å². The summed E-state index contributed by atoms with van der Waals surface area (Å²) in [6.07, 6.45) is 10.7. The number of ketones is 1. The van der Waals surface area contributed by atoms with Gasteiger partial charge in [-0.15, -0.1) is 0 Å². The zero-order valence-corrected chi connectivity index (χ0v) is 12.0. The van der Waals surface area contributed by atoms with E-state index in [1.807, 2.05) is 19.9 Å². The van der Waals surface area contributed by atoms with Gasteiger partial charge in [-0.1, -0.05) is 44.9 Å². The Kier molecular flexibility index (Phi) is 8.39. The number of allylic oxidation sites excluding steroid dienone is 6. The lowest BCUT2D eigenvalue weighted by atomic mass is 9.99. The molecule has 1 aliphatic carbocycles. The minimum Gasteiger partial charge on any atom is -0.295 e. The molecule has 1 aliphatic rings. The second-order valence-corrected chi connectivity index (χ2v) is 4.11. The summed E-state index contributed by atoms with van der Waals surface area (Å²) in [5.41, 5.74) is 3.53. The van der Waals surface area contributed by atoms with Gasteiger partial charge in [0.25, 0.3) is 0 Å². The van der Waals surface area contributed by atoms with Crippen LogP contribution in [-0.4, -0.2) is 5.78 Å². The SMILES string of the molecule is CC.CCCCC1=CC(C(C)=O)=CCC=C1C. The predicted octanol–water partition coefficient (Wildman–Crippen LogP) is 4.99. The standard InChI is InChI=1S/C14H20O.C2H6/c1-4-5-8-13-10-14(12(3)15)9-6-7-11(13)2;1-2/h7,9-10H,4-6,8H2,1-3H3;1-2H3. The summed E-state index contributed by atoms with van der Waals surface area (Å²) in [7, 11) is 0. The van der Waals surface area contributed by atoms with E-state index < -0.39 is 0 Å². The first-order valence-electron chi connectivity index (χ1n) is 6.74. The molecule has 0 amide bonds. The molecule has 0 saturated heterocycles. The van der Waals surface area contributed by atoms with E-state index in [1.54, 1.807) is 6.92 Å². The Morgan fingerprint density at radius 3 is 2.47 bits per heavy atom. The zero-order chi connectivity index (χ0) is 13.3. The molecule has 0 atom stereocenters. The fourth-order valence-electron chi connectivity index (χ4n) is 1.74. The van der Waals surface area contributed by atoms with Gasteiger partial charge in [0.1, 0.15) is 0 Å². The van der Waals surface area contributed by atoms with Crippen molar-refractivity contribution < 1.29 is 4.79 Å². The number of hydrogen-bond acceptors (Lipinski definition) is 1. The number of hydrogen-bond donors (Lipinski definition) is 0. The molecule has 1 rings (SSSR count). The summed E-state index contributed by atoms with van der Waals surface area (Å²) < 4.78 is 0. The first kappa shape index (κ1) is 15.9. The molecule has 0 aliphatic heterocycles. The van der Waals surface area contributed by atoms with Gasteiger partial charge in [-0.3, -0.25) is 4.79 Å². The van der Waals surface area contributed by atoms with Crippen molar-refractivity contribution in [2.75, 3.05) is 0 Å². The van der Waals surface area contributed by atoms with Crippen LogP contribution in [0.3, 0.4) is 0 Å². The van der Waals surface area contributed by atoms with Crippen LogP contribution in [0, 0.1) is 0 Å². The molecule has 0 fully saturated rings. The van der Waals surface area contributed by atoms with Gasteiger partial charge in [0.15, 0.2) is 5.78 Å². The van der Waals surface area contributed by atoms with Crippen LogP contribution in [0.1, 0.15) is 60.3 Å². The van der Waals surface area contributed by atoms with Crippen LogP contribution in [0.25, 0.3) is 0 Å². The number of carbonyl (C=O) groups is 1. The molecule has 0 radical (unpaired) electrons. The van der Waals surface area contributed by atoms with E-state index in [4.69, 9.17) is 0 Å². The lowest BCUT2D eigenvalue weighted by molar-refractivity contribution is -0.113. The first-order valence-corrected chi connectivity index (χ1v) is 6.74. The second kappa shape index (κ2) is 8.98. The molecule has 0 unspecified atom stereocenters. The predicted molar refractivity (Wildman–Crippen MR) is 76.1 cm³/mol. The summed E-state index contributed by atoms with van der Waals surface area (Å²) in [5.74, 6) is 0.173. The Bertz CT molecular complexity index is 329. The molecule has 0 aromatic carbocycles. The van der Waals surface area contributed by atoms with Crippen LogP contribution in [-0.2, 0) is 4.79 Å².